The maximum atomic E-state index is 12.7. The number of hydrogen-bond donors (Lipinski definition) is 0. The van der Waals surface area contributed by atoms with Crippen molar-refractivity contribution in [3.63, 3.8) is 0 Å². The van der Waals surface area contributed by atoms with Crippen molar-refractivity contribution in [2.24, 2.45) is 13.0 Å². The van der Waals surface area contributed by atoms with Gasteiger partial charge in [-0.1, -0.05) is 6.92 Å². The fourth-order valence-corrected chi connectivity index (χ4v) is 3.14. The Morgan fingerprint density at radius 3 is 2.70 bits per heavy atom. The van der Waals surface area contributed by atoms with E-state index in [1.165, 1.54) is 6.42 Å². The summed E-state index contributed by atoms with van der Waals surface area (Å²) in [5.41, 5.74) is 2.47. The van der Waals surface area contributed by atoms with Gasteiger partial charge in [-0.3, -0.25) is 9.48 Å². The summed E-state index contributed by atoms with van der Waals surface area (Å²) >= 11 is 0. The molecule has 1 aromatic carbocycles. The van der Waals surface area contributed by atoms with E-state index in [9.17, 15) is 4.79 Å². The van der Waals surface area contributed by atoms with E-state index in [4.69, 9.17) is 4.74 Å². The van der Waals surface area contributed by atoms with Gasteiger partial charge in [0.15, 0.2) is 5.69 Å². The molecule has 2 heterocycles. The number of aromatic nitrogens is 2. The van der Waals surface area contributed by atoms with E-state index in [0.29, 0.717) is 11.6 Å². The summed E-state index contributed by atoms with van der Waals surface area (Å²) < 4.78 is 6.95. The second kappa shape index (κ2) is 6.44. The number of nitrogens with zero attached hydrogens (tertiary/aromatic N) is 3. The predicted molar refractivity (Wildman–Crippen MR) is 89.5 cm³/mol. The van der Waals surface area contributed by atoms with Gasteiger partial charge in [-0.15, -0.1) is 0 Å². The number of rotatable bonds is 3. The standard InChI is InChI=1S/C18H23N3O2/c1-13-5-4-10-21(12-13)18(22)16-11-17(20(2)19-16)14-6-8-15(23-3)9-7-14/h6-9,11,13H,4-5,10,12H2,1-3H3. The van der Waals surface area contributed by atoms with Crippen LogP contribution < -0.4 is 4.74 Å². The van der Waals surface area contributed by atoms with Gasteiger partial charge in [-0.25, -0.2) is 0 Å². The summed E-state index contributed by atoms with van der Waals surface area (Å²) in [5, 5.41) is 4.42. The maximum Gasteiger partial charge on any atom is 0.274 e. The average molecular weight is 313 g/mol. The molecular formula is C18H23N3O2. The van der Waals surface area contributed by atoms with Crippen molar-refractivity contribution in [2.45, 2.75) is 19.8 Å². The molecule has 1 fully saturated rings. The van der Waals surface area contributed by atoms with Gasteiger partial charge >= 0.3 is 0 Å². The van der Waals surface area contributed by atoms with Crippen LogP contribution in [0.25, 0.3) is 11.3 Å². The molecule has 5 heteroatoms. The van der Waals surface area contributed by atoms with Crippen LogP contribution in [0, 0.1) is 5.92 Å². The van der Waals surface area contributed by atoms with Gasteiger partial charge in [-0.2, -0.15) is 5.10 Å². The van der Waals surface area contributed by atoms with Crippen molar-refractivity contribution in [3.8, 4) is 17.0 Å². The Kier molecular flexibility index (Phi) is 4.37. The quantitative estimate of drug-likeness (QED) is 0.875. The van der Waals surface area contributed by atoms with Gasteiger partial charge in [0.05, 0.1) is 12.8 Å². The third-order valence-electron chi connectivity index (χ3n) is 4.43. The first kappa shape index (κ1) is 15.6. The van der Waals surface area contributed by atoms with E-state index >= 15 is 0 Å². The summed E-state index contributed by atoms with van der Waals surface area (Å²) in [4.78, 5) is 14.6. The van der Waals surface area contributed by atoms with Crippen LogP contribution in [0.2, 0.25) is 0 Å². The van der Waals surface area contributed by atoms with E-state index in [-0.39, 0.29) is 5.91 Å². The maximum absolute atomic E-state index is 12.7. The number of amides is 1. The highest BCUT2D eigenvalue weighted by Crippen LogP contribution is 2.24. The Hall–Kier alpha value is -2.30. The van der Waals surface area contributed by atoms with Crippen molar-refractivity contribution < 1.29 is 9.53 Å². The molecule has 1 atom stereocenters. The van der Waals surface area contributed by atoms with E-state index in [1.807, 2.05) is 42.3 Å². The third-order valence-corrected chi connectivity index (χ3v) is 4.43. The van der Waals surface area contributed by atoms with Crippen LogP contribution in [0.1, 0.15) is 30.3 Å². The molecule has 2 aromatic rings. The molecule has 5 nitrogen and oxygen atoms in total. The first-order valence-electron chi connectivity index (χ1n) is 8.06. The van der Waals surface area contributed by atoms with E-state index in [2.05, 4.69) is 12.0 Å². The first-order valence-corrected chi connectivity index (χ1v) is 8.06. The Labute approximate surface area is 136 Å². The molecule has 0 radical (unpaired) electrons. The van der Waals surface area contributed by atoms with E-state index < -0.39 is 0 Å². The molecule has 1 aliphatic heterocycles. The van der Waals surface area contributed by atoms with Gasteiger partial charge < -0.3 is 9.64 Å². The fourth-order valence-electron chi connectivity index (χ4n) is 3.14. The smallest absolute Gasteiger partial charge is 0.274 e. The molecule has 1 amide bonds. The number of benzene rings is 1. The van der Waals surface area contributed by atoms with Gasteiger partial charge in [0.25, 0.3) is 5.91 Å². The van der Waals surface area contributed by atoms with Crippen molar-refractivity contribution in [1.29, 1.82) is 0 Å². The Morgan fingerprint density at radius 2 is 2.04 bits per heavy atom. The summed E-state index contributed by atoms with van der Waals surface area (Å²) in [6.07, 6.45) is 2.27. The largest absolute Gasteiger partial charge is 0.497 e. The zero-order chi connectivity index (χ0) is 16.4. The van der Waals surface area contributed by atoms with Crippen molar-refractivity contribution in [2.75, 3.05) is 20.2 Å². The zero-order valence-corrected chi connectivity index (χ0v) is 14.0. The summed E-state index contributed by atoms with van der Waals surface area (Å²) in [7, 11) is 3.52. The molecule has 1 aliphatic rings. The lowest BCUT2D eigenvalue weighted by molar-refractivity contribution is 0.0676. The zero-order valence-electron chi connectivity index (χ0n) is 14.0. The molecule has 1 aromatic heterocycles. The second-order valence-electron chi connectivity index (χ2n) is 6.27. The molecule has 0 saturated carbocycles. The minimum atomic E-state index is 0.0342. The molecule has 0 N–H and O–H groups in total. The summed E-state index contributed by atoms with van der Waals surface area (Å²) in [6, 6.07) is 9.66. The van der Waals surface area contributed by atoms with Crippen molar-refractivity contribution in [3.05, 3.63) is 36.0 Å². The van der Waals surface area contributed by atoms with Gasteiger partial charge in [0, 0.05) is 25.7 Å². The highest BCUT2D eigenvalue weighted by molar-refractivity contribution is 5.93. The molecule has 1 saturated heterocycles. The summed E-state index contributed by atoms with van der Waals surface area (Å²) in [6.45, 7) is 3.85. The Morgan fingerprint density at radius 1 is 1.30 bits per heavy atom. The molecular weight excluding hydrogens is 290 g/mol. The normalized spacial score (nSPS) is 18.0. The average Bonchev–Trinajstić information content (AvgIpc) is 2.96. The molecule has 0 bridgehead atoms. The summed E-state index contributed by atoms with van der Waals surface area (Å²) in [5.74, 6) is 1.42. The number of carbonyl (C=O) groups is 1. The fraction of sp³-hybridized carbons (Fsp3) is 0.444. The first-order chi connectivity index (χ1) is 11.1. The molecule has 0 aliphatic carbocycles. The van der Waals surface area contributed by atoms with Gasteiger partial charge in [-0.05, 0) is 49.1 Å². The predicted octanol–water partition coefficient (Wildman–Crippen LogP) is 2.97. The molecule has 122 valence electrons. The number of piperidine rings is 1. The minimum Gasteiger partial charge on any atom is -0.497 e. The van der Waals surface area contributed by atoms with Crippen LogP contribution in [0.15, 0.2) is 30.3 Å². The number of carbonyl (C=O) groups excluding carboxylic acids is 1. The van der Waals surface area contributed by atoms with Gasteiger partial charge in [0.1, 0.15) is 5.75 Å². The van der Waals surface area contributed by atoms with Crippen LogP contribution in [-0.4, -0.2) is 40.8 Å². The van der Waals surface area contributed by atoms with Crippen LogP contribution in [0.5, 0.6) is 5.75 Å². The van der Waals surface area contributed by atoms with Crippen LogP contribution in [0.3, 0.4) is 0 Å². The van der Waals surface area contributed by atoms with E-state index in [1.54, 1.807) is 11.8 Å². The minimum absolute atomic E-state index is 0.0342. The van der Waals surface area contributed by atoms with Crippen LogP contribution in [0.4, 0.5) is 0 Å². The molecule has 1 unspecified atom stereocenters. The van der Waals surface area contributed by atoms with Crippen LogP contribution >= 0.6 is 0 Å². The molecule has 0 spiro atoms. The third kappa shape index (κ3) is 3.23. The number of likely N-dealkylation sites (tertiary alicyclic amines) is 1. The highest BCUT2D eigenvalue weighted by atomic mass is 16.5. The number of aryl methyl sites for hydroxylation is 1. The van der Waals surface area contributed by atoms with Crippen LogP contribution in [-0.2, 0) is 7.05 Å². The second-order valence-corrected chi connectivity index (χ2v) is 6.27. The Balaban J connectivity index is 1.83. The van der Waals surface area contributed by atoms with Gasteiger partial charge in [0.2, 0.25) is 0 Å². The lowest BCUT2D eigenvalue weighted by Gasteiger charge is -2.30. The number of methoxy groups -OCH3 is 1. The number of hydrogen-bond acceptors (Lipinski definition) is 3. The molecule has 23 heavy (non-hydrogen) atoms. The Bertz CT molecular complexity index is 691. The monoisotopic (exact) mass is 313 g/mol. The molecule has 3 rings (SSSR count). The SMILES string of the molecule is COc1ccc(-c2cc(C(=O)N3CCCC(C)C3)nn2C)cc1. The topological polar surface area (TPSA) is 47.4 Å². The lowest BCUT2D eigenvalue weighted by atomic mass is 10.00. The van der Waals surface area contributed by atoms with Crippen molar-refractivity contribution >= 4 is 5.91 Å². The van der Waals surface area contributed by atoms with Crippen molar-refractivity contribution in [1.82, 2.24) is 14.7 Å². The number of ether oxygens (including phenoxy) is 1. The van der Waals surface area contributed by atoms with E-state index in [0.717, 1.165) is 36.5 Å². The lowest BCUT2D eigenvalue weighted by Crippen LogP contribution is -2.39. The highest BCUT2D eigenvalue weighted by Gasteiger charge is 2.24.